The normalized spacial score (nSPS) is 12.5. The zero-order valence-electron chi connectivity index (χ0n) is 23.0. The minimum Gasteiger partial charge on any atom is -0.466 e. The van der Waals surface area contributed by atoms with Crippen molar-refractivity contribution >= 4 is 5.97 Å². The summed E-state index contributed by atoms with van der Waals surface area (Å²) < 4.78 is 5.40. The summed E-state index contributed by atoms with van der Waals surface area (Å²) in [6, 6.07) is 0. The summed E-state index contributed by atoms with van der Waals surface area (Å²) in [5, 5.41) is 0. The van der Waals surface area contributed by atoms with Crippen LogP contribution in [0.25, 0.3) is 0 Å². The van der Waals surface area contributed by atoms with Gasteiger partial charge in [0.25, 0.3) is 0 Å². The predicted octanol–water partition coefficient (Wildman–Crippen LogP) is 10.7. The van der Waals surface area contributed by atoms with Crippen LogP contribution in [0.5, 0.6) is 0 Å². The SMILES string of the molecule is CCCCCCCC/C=C\CCCCCCCC(=O)OCCCCCCCC(C)CCCC. The van der Waals surface area contributed by atoms with Crippen LogP contribution in [-0.4, -0.2) is 12.6 Å². The monoisotopic (exact) mass is 464 g/mol. The van der Waals surface area contributed by atoms with E-state index in [-0.39, 0.29) is 5.97 Å². The summed E-state index contributed by atoms with van der Waals surface area (Å²) in [7, 11) is 0. The quantitative estimate of drug-likeness (QED) is 0.0722. The van der Waals surface area contributed by atoms with Crippen LogP contribution in [-0.2, 0) is 9.53 Å². The van der Waals surface area contributed by atoms with Crippen LogP contribution >= 0.6 is 0 Å². The fraction of sp³-hybridized carbons (Fsp3) is 0.903. The highest BCUT2D eigenvalue weighted by atomic mass is 16.5. The second kappa shape index (κ2) is 27.5. The van der Waals surface area contributed by atoms with Crippen molar-refractivity contribution in [3.8, 4) is 0 Å². The summed E-state index contributed by atoms with van der Waals surface area (Å²) in [5.74, 6) is 0.903. The van der Waals surface area contributed by atoms with Crippen molar-refractivity contribution in [2.45, 2.75) is 168 Å². The molecule has 0 aromatic carbocycles. The van der Waals surface area contributed by atoms with Crippen LogP contribution in [0.1, 0.15) is 168 Å². The summed E-state index contributed by atoms with van der Waals surface area (Å²) in [6.07, 6.45) is 33.8. The molecule has 0 spiro atoms. The largest absolute Gasteiger partial charge is 0.466 e. The van der Waals surface area contributed by atoms with Crippen molar-refractivity contribution in [2.24, 2.45) is 5.92 Å². The van der Waals surface area contributed by atoms with E-state index >= 15 is 0 Å². The zero-order valence-corrected chi connectivity index (χ0v) is 23.0. The number of hydrogen-bond donors (Lipinski definition) is 0. The van der Waals surface area contributed by atoms with Crippen LogP contribution in [0.15, 0.2) is 12.2 Å². The van der Waals surface area contributed by atoms with Crippen LogP contribution in [0, 0.1) is 5.92 Å². The second-order valence-corrected chi connectivity index (χ2v) is 10.4. The lowest BCUT2D eigenvalue weighted by Gasteiger charge is -2.10. The first-order valence-corrected chi connectivity index (χ1v) is 15.0. The summed E-state index contributed by atoms with van der Waals surface area (Å²) >= 11 is 0. The molecule has 0 bridgehead atoms. The number of carbonyl (C=O) groups excluding carboxylic acids is 1. The topological polar surface area (TPSA) is 26.3 Å². The molecule has 0 fully saturated rings. The molecule has 0 rings (SSSR count). The van der Waals surface area contributed by atoms with Gasteiger partial charge in [-0.05, 0) is 44.4 Å². The van der Waals surface area contributed by atoms with Crippen LogP contribution in [0.4, 0.5) is 0 Å². The highest BCUT2D eigenvalue weighted by Crippen LogP contribution is 2.16. The van der Waals surface area contributed by atoms with E-state index in [2.05, 4.69) is 32.9 Å². The van der Waals surface area contributed by atoms with E-state index in [1.807, 2.05) is 0 Å². The van der Waals surface area contributed by atoms with Gasteiger partial charge in [-0.3, -0.25) is 4.79 Å². The van der Waals surface area contributed by atoms with Gasteiger partial charge in [0.2, 0.25) is 0 Å². The van der Waals surface area contributed by atoms with Crippen molar-refractivity contribution in [2.75, 3.05) is 6.61 Å². The van der Waals surface area contributed by atoms with Crippen molar-refractivity contribution in [3.05, 3.63) is 12.2 Å². The number of carbonyl (C=O) groups is 1. The Morgan fingerprint density at radius 3 is 1.73 bits per heavy atom. The van der Waals surface area contributed by atoms with E-state index in [4.69, 9.17) is 4.74 Å². The molecule has 2 nitrogen and oxygen atoms in total. The van der Waals surface area contributed by atoms with Crippen LogP contribution in [0.3, 0.4) is 0 Å². The van der Waals surface area contributed by atoms with Gasteiger partial charge in [0.05, 0.1) is 6.61 Å². The Balaban J connectivity index is 3.25. The molecular formula is C31H60O2. The lowest BCUT2D eigenvalue weighted by atomic mass is 9.97. The Kier molecular flexibility index (Phi) is 26.8. The molecule has 0 saturated heterocycles. The highest BCUT2D eigenvalue weighted by Gasteiger charge is 2.03. The van der Waals surface area contributed by atoms with Gasteiger partial charge in [-0.25, -0.2) is 0 Å². The van der Waals surface area contributed by atoms with Crippen LogP contribution < -0.4 is 0 Å². The van der Waals surface area contributed by atoms with Gasteiger partial charge in [-0.2, -0.15) is 0 Å². The van der Waals surface area contributed by atoms with Crippen molar-refractivity contribution in [3.63, 3.8) is 0 Å². The molecule has 0 heterocycles. The van der Waals surface area contributed by atoms with E-state index in [1.165, 1.54) is 122 Å². The molecule has 0 N–H and O–H groups in total. The lowest BCUT2D eigenvalue weighted by molar-refractivity contribution is -0.143. The first-order valence-electron chi connectivity index (χ1n) is 15.0. The van der Waals surface area contributed by atoms with Gasteiger partial charge in [0.1, 0.15) is 0 Å². The average Bonchev–Trinajstić information content (AvgIpc) is 2.81. The third-order valence-electron chi connectivity index (χ3n) is 6.80. The maximum atomic E-state index is 11.8. The van der Waals surface area contributed by atoms with E-state index in [1.54, 1.807) is 0 Å². The molecule has 1 atom stereocenters. The maximum absolute atomic E-state index is 11.8. The van der Waals surface area contributed by atoms with Gasteiger partial charge in [0, 0.05) is 6.42 Å². The van der Waals surface area contributed by atoms with Crippen molar-refractivity contribution in [1.82, 2.24) is 0 Å². The number of unbranched alkanes of at least 4 members (excludes halogenated alkanes) is 16. The number of esters is 1. The molecule has 196 valence electrons. The predicted molar refractivity (Wildman–Crippen MR) is 147 cm³/mol. The van der Waals surface area contributed by atoms with Gasteiger partial charge < -0.3 is 4.74 Å². The number of ether oxygens (including phenoxy) is 1. The molecule has 2 heteroatoms. The average molecular weight is 465 g/mol. The Hall–Kier alpha value is -0.790. The number of rotatable bonds is 26. The van der Waals surface area contributed by atoms with Gasteiger partial charge in [-0.1, -0.05) is 136 Å². The molecule has 0 radical (unpaired) electrons. The number of allylic oxidation sites excluding steroid dienone is 2. The van der Waals surface area contributed by atoms with E-state index in [9.17, 15) is 4.79 Å². The first kappa shape index (κ1) is 32.2. The number of hydrogen-bond acceptors (Lipinski definition) is 2. The molecule has 0 aromatic heterocycles. The molecule has 0 aliphatic heterocycles. The lowest BCUT2D eigenvalue weighted by Crippen LogP contribution is -2.05. The molecule has 0 amide bonds. The zero-order chi connectivity index (χ0) is 24.2. The van der Waals surface area contributed by atoms with Gasteiger partial charge in [0.15, 0.2) is 0 Å². The highest BCUT2D eigenvalue weighted by molar-refractivity contribution is 5.69. The van der Waals surface area contributed by atoms with E-state index in [0.717, 1.165) is 25.2 Å². The molecule has 0 aliphatic carbocycles. The third kappa shape index (κ3) is 27.3. The second-order valence-electron chi connectivity index (χ2n) is 10.4. The van der Waals surface area contributed by atoms with E-state index in [0.29, 0.717) is 13.0 Å². The minimum atomic E-state index is 0.0115. The Bertz CT molecular complexity index is 415. The van der Waals surface area contributed by atoms with Crippen molar-refractivity contribution < 1.29 is 9.53 Å². The fourth-order valence-corrected chi connectivity index (χ4v) is 4.42. The Morgan fingerprint density at radius 2 is 1.09 bits per heavy atom. The summed E-state index contributed by atoms with van der Waals surface area (Å²) in [4.78, 5) is 11.8. The molecule has 0 saturated carbocycles. The first-order chi connectivity index (χ1) is 16.2. The fourth-order valence-electron chi connectivity index (χ4n) is 4.42. The molecule has 0 aliphatic rings. The maximum Gasteiger partial charge on any atom is 0.305 e. The van der Waals surface area contributed by atoms with Crippen LogP contribution in [0.2, 0.25) is 0 Å². The molecule has 0 aromatic rings. The van der Waals surface area contributed by atoms with E-state index < -0.39 is 0 Å². The standard InChI is InChI=1S/C31H60O2/c1-4-6-8-9-10-11-12-13-14-15-16-17-18-21-24-28-31(32)33-29-25-22-19-20-23-27-30(3)26-7-5-2/h13-14,30H,4-12,15-29H2,1-3H3/b14-13-. The van der Waals surface area contributed by atoms with Crippen molar-refractivity contribution in [1.29, 1.82) is 0 Å². The molecule has 33 heavy (non-hydrogen) atoms. The third-order valence-corrected chi connectivity index (χ3v) is 6.80. The minimum absolute atomic E-state index is 0.0115. The smallest absolute Gasteiger partial charge is 0.305 e. The summed E-state index contributed by atoms with van der Waals surface area (Å²) in [5.41, 5.74) is 0. The van der Waals surface area contributed by atoms with Gasteiger partial charge >= 0.3 is 5.97 Å². The summed E-state index contributed by atoms with van der Waals surface area (Å²) in [6.45, 7) is 7.57. The Morgan fingerprint density at radius 1 is 0.606 bits per heavy atom. The Labute approximate surface area is 208 Å². The molecular weight excluding hydrogens is 404 g/mol. The molecule has 1 unspecified atom stereocenters. The van der Waals surface area contributed by atoms with Gasteiger partial charge in [-0.15, -0.1) is 0 Å².